The van der Waals surface area contributed by atoms with Crippen LogP contribution < -0.4 is 16.0 Å². The van der Waals surface area contributed by atoms with Crippen LogP contribution in [0.2, 0.25) is 5.02 Å². The first-order chi connectivity index (χ1) is 17.5. The van der Waals surface area contributed by atoms with Crippen molar-refractivity contribution in [2.24, 2.45) is 5.92 Å². The summed E-state index contributed by atoms with van der Waals surface area (Å²) in [6, 6.07) is 15.0. The molecule has 1 saturated carbocycles. The van der Waals surface area contributed by atoms with Gasteiger partial charge in [-0.2, -0.15) is 0 Å². The van der Waals surface area contributed by atoms with Crippen molar-refractivity contribution in [3.8, 4) is 0 Å². The normalized spacial score (nSPS) is 15.6. The molecule has 0 bridgehead atoms. The third-order valence-electron chi connectivity index (χ3n) is 6.57. The minimum Gasteiger partial charge on any atom is -0.453 e. The van der Waals surface area contributed by atoms with Crippen molar-refractivity contribution >= 4 is 23.6 Å². The minimum atomic E-state index is -0.513. The molecule has 2 aromatic carbocycles. The highest BCUT2D eigenvalue weighted by Gasteiger charge is 2.22. The van der Waals surface area contributed by atoms with Gasteiger partial charge in [0.05, 0.1) is 13.7 Å². The van der Waals surface area contributed by atoms with Gasteiger partial charge >= 0.3 is 6.09 Å². The third-order valence-corrected chi connectivity index (χ3v) is 6.81. The maximum atomic E-state index is 13.2. The zero-order chi connectivity index (χ0) is 25.8. The number of halogens is 1. The number of carbonyl (C=O) groups excluding carboxylic acids is 2. The van der Waals surface area contributed by atoms with Crippen molar-refractivity contribution in [3.63, 3.8) is 0 Å². The quantitative estimate of drug-likeness (QED) is 0.343. The van der Waals surface area contributed by atoms with E-state index in [4.69, 9.17) is 16.3 Å². The van der Waals surface area contributed by atoms with E-state index in [1.807, 2.05) is 49.5 Å². The number of amides is 2. The van der Waals surface area contributed by atoms with E-state index in [1.165, 1.54) is 39.2 Å². The van der Waals surface area contributed by atoms with Gasteiger partial charge in [-0.05, 0) is 54.8 Å². The fourth-order valence-corrected chi connectivity index (χ4v) is 5.03. The highest BCUT2D eigenvalue weighted by atomic mass is 35.5. The van der Waals surface area contributed by atoms with E-state index >= 15 is 0 Å². The Bertz CT molecular complexity index is 981. The first-order valence-electron chi connectivity index (χ1n) is 12.7. The second kappa shape index (κ2) is 14.8. The van der Waals surface area contributed by atoms with Crippen LogP contribution in [0.1, 0.15) is 66.1 Å². The predicted molar refractivity (Wildman–Crippen MR) is 142 cm³/mol. The summed E-state index contributed by atoms with van der Waals surface area (Å²) in [6.07, 6.45) is 6.41. The van der Waals surface area contributed by atoms with Crippen LogP contribution in [0.15, 0.2) is 48.5 Å². The standard InChI is InChI=1S/C28H38ClN3O4/c1-30-19-25(16-20-8-4-3-5-9-20)32-27(33)23-12-6-10-21(17-23)26(22-11-7-13-24(29)18-22)36-15-14-31-28(34)35-2/h6-7,10-13,17-18,20,25-26,30H,3-5,8-9,14-16,19H2,1-2H3,(H,31,34)(H,32,33)/t25-,26-/m0/s1. The van der Waals surface area contributed by atoms with Crippen LogP contribution in [0, 0.1) is 5.92 Å². The van der Waals surface area contributed by atoms with E-state index in [1.54, 1.807) is 6.07 Å². The number of ether oxygens (including phenoxy) is 2. The maximum absolute atomic E-state index is 13.2. The molecule has 1 fully saturated rings. The van der Waals surface area contributed by atoms with E-state index in [-0.39, 0.29) is 25.1 Å². The molecule has 0 aliphatic heterocycles. The molecule has 0 unspecified atom stereocenters. The summed E-state index contributed by atoms with van der Waals surface area (Å²) in [5.41, 5.74) is 2.28. The van der Waals surface area contributed by atoms with Crippen LogP contribution in [0.4, 0.5) is 4.79 Å². The number of carbonyl (C=O) groups is 2. The number of benzene rings is 2. The van der Waals surface area contributed by atoms with Crippen molar-refractivity contribution in [3.05, 3.63) is 70.2 Å². The number of likely N-dealkylation sites (N-methyl/N-ethyl adjacent to an activating group) is 1. The van der Waals surface area contributed by atoms with Crippen molar-refractivity contribution in [1.82, 2.24) is 16.0 Å². The molecule has 2 amide bonds. The Balaban J connectivity index is 1.73. The molecular formula is C28H38ClN3O4. The third kappa shape index (κ3) is 8.80. The Kier molecular flexibility index (Phi) is 11.5. The average Bonchev–Trinajstić information content (AvgIpc) is 2.89. The Morgan fingerprint density at radius 1 is 1.06 bits per heavy atom. The molecule has 8 heteroatoms. The summed E-state index contributed by atoms with van der Waals surface area (Å²) >= 11 is 6.25. The van der Waals surface area contributed by atoms with Gasteiger partial charge in [0.1, 0.15) is 6.10 Å². The van der Waals surface area contributed by atoms with Crippen molar-refractivity contribution in [2.75, 3.05) is 33.9 Å². The summed E-state index contributed by atoms with van der Waals surface area (Å²) < 4.78 is 10.8. The molecule has 2 aromatic rings. The second-order valence-corrected chi connectivity index (χ2v) is 9.75. The van der Waals surface area contributed by atoms with Crippen LogP contribution in [0.3, 0.4) is 0 Å². The molecule has 196 valence electrons. The number of rotatable bonds is 12. The molecule has 1 aliphatic carbocycles. The smallest absolute Gasteiger partial charge is 0.406 e. The van der Waals surface area contributed by atoms with Gasteiger partial charge in [-0.1, -0.05) is 68.0 Å². The van der Waals surface area contributed by atoms with Gasteiger partial charge in [0.15, 0.2) is 0 Å². The summed E-state index contributed by atoms with van der Waals surface area (Å²) in [7, 11) is 3.24. The van der Waals surface area contributed by atoms with Gasteiger partial charge in [-0.15, -0.1) is 0 Å². The molecule has 3 rings (SSSR count). The zero-order valence-electron chi connectivity index (χ0n) is 21.2. The van der Waals surface area contributed by atoms with E-state index in [0.29, 0.717) is 16.5 Å². The molecule has 1 aliphatic rings. The SMILES string of the molecule is CNC[C@H](CC1CCCCC1)NC(=O)c1cccc([C@H](OCCNC(=O)OC)c2cccc(Cl)c2)c1. The first-order valence-corrected chi connectivity index (χ1v) is 13.1. The van der Waals surface area contributed by atoms with Crippen molar-refractivity contribution < 1.29 is 19.1 Å². The average molecular weight is 516 g/mol. The van der Waals surface area contributed by atoms with Crippen LogP contribution in [0.5, 0.6) is 0 Å². The summed E-state index contributed by atoms with van der Waals surface area (Å²) in [6.45, 7) is 1.29. The maximum Gasteiger partial charge on any atom is 0.406 e. The van der Waals surface area contributed by atoms with Crippen molar-refractivity contribution in [2.45, 2.75) is 50.7 Å². The molecule has 0 saturated heterocycles. The summed E-state index contributed by atoms with van der Waals surface area (Å²) in [5, 5.41) is 9.68. The lowest BCUT2D eigenvalue weighted by molar-refractivity contribution is 0.0804. The number of methoxy groups -OCH3 is 1. The van der Waals surface area contributed by atoms with Gasteiger partial charge in [-0.25, -0.2) is 4.79 Å². The molecule has 36 heavy (non-hydrogen) atoms. The molecule has 0 spiro atoms. The highest BCUT2D eigenvalue weighted by Crippen LogP contribution is 2.29. The van der Waals surface area contributed by atoms with E-state index in [0.717, 1.165) is 24.1 Å². The Morgan fingerprint density at radius 3 is 2.47 bits per heavy atom. The predicted octanol–water partition coefficient (Wildman–Crippen LogP) is 5.09. The molecule has 2 atom stereocenters. The zero-order valence-corrected chi connectivity index (χ0v) is 22.0. The molecule has 3 N–H and O–H groups in total. The van der Waals surface area contributed by atoms with Gasteiger partial charge in [-0.3, -0.25) is 4.79 Å². The van der Waals surface area contributed by atoms with Crippen LogP contribution in [-0.2, 0) is 9.47 Å². The van der Waals surface area contributed by atoms with Crippen molar-refractivity contribution in [1.29, 1.82) is 0 Å². The van der Waals surface area contributed by atoms with Gasteiger partial charge in [0.2, 0.25) is 0 Å². The number of nitrogens with one attached hydrogen (secondary N) is 3. The van der Waals surface area contributed by atoms with Gasteiger partial charge in [0, 0.05) is 29.7 Å². The Hall–Kier alpha value is -2.61. The Morgan fingerprint density at radius 2 is 1.78 bits per heavy atom. The van der Waals surface area contributed by atoms with E-state index in [2.05, 4.69) is 20.7 Å². The number of alkyl carbamates (subject to hydrolysis) is 1. The summed E-state index contributed by atoms with van der Waals surface area (Å²) in [5.74, 6) is 0.577. The number of hydrogen-bond acceptors (Lipinski definition) is 5. The van der Waals surface area contributed by atoms with Crippen LogP contribution in [-0.4, -0.2) is 51.9 Å². The van der Waals surface area contributed by atoms with E-state index < -0.39 is 12.2 Å². The minimum absolute atomic E-state index is 0.0821. The summed E-state index contributed by atoms with van der Waals surface area (Å²) in [4.78, 5) is 24.6. The van der Waals surface area contributed by atoms with Gasteiger partial charge < -0.3 is 25.4 Å². The topological polar surface area (TPSA) is 88.7 Å². The Labute approximate surface area is 219 Å². The number of hydrogen-bond donors (Lipinski definition) is 3. The molecule has 0 heterocycles. The lowest BCUT2D eigenvalue weighted by atomic mass is 9.84. The second-order valence-electron chi connectivity index (χ2n) is 9.32. The van der Waals surface area contributed by atoms with E-state index in [9.17, 15) is 9.59 Å². The fourth-order valence-electron chi connectivity index (χ4n) is 4.83. The largest absolute Gasteiger partial charge is 0.453 e. The fraction of sp³-hybridized carbons (Fsp3) is 0.500. The van der Waals surface area contributed by atoms with Crippen LogP contribution in [0.25, 0.3) is 0 Å². The van der Waals surface area contributed by atoms with Gasteiger partial charge in [0.25, 0.3) is 5.91 Å². The first kappa shape index (κ1) is 28.0. The monoisotopic (exact) mass is 515 g/mol. The lowest BCUT2D eigenvalue weighted by Crippen LogP contribution is -2.42. The highest BCUT2D eigenvalue weighted by molar-refractivity contribution is 6.30. The lowest BCUT2D eigenvalue weighted by Gasteiger charge is -2.27. The molecule has 0 aromatic heterocycles. The molecule has 7 nitrogen and oxygen atoms in total. The van der Waals surface area contributed by atoms with Crippen LogP contribution >= 0.6 is 11.6 Å². The molecular weight excluding hydrogens is 478 g/mol. The molecule has 0 radical (unpaired) electrons.